The zero-order valence-corrected chi connectivity index (χ0v) is 29.5. The molecule has 2 aromatic carbocycles. The third kappa shape index (κ3) is 7.12. The predicted octanol–water partition coefficient (Wildman–Crippen LogP) is 6.13. The predicted molar refractivity (Wildman–Crippen MR) is 183 cm³/mol. The molecule has 0 saturated heterocycles. The molecule has 0 aliphatic heterocycles. The van der Waals surface area contributed by atoms with Crippen LogP contribution in [0.5, 0.6) is 0 Å². The third-order valence-corrected chi connectivity index (χ3v) is 11.9. The average Bonchev–Trinajstić information content (AvgIpc) is 3.34. The minimum absolute atomic E-state index is 0.00240. The lowest BCUT2D eigenvalue weighted by atomic mass is 9.70. The molecule has 48 heavy (non-hydrogen) atoms. The molecule has 0 spiro atoms. The van der Waals surface area contributed by atoms with Crippen LogP contribution in [0.3, 0.4) is 0 Å². The van der Waals surface area contributed by atoms with Gasteiger partial charge < -0.3 is 31.5 Å². The fourth-order valence-corrected chi connectivity index (χ4v) is 7.78. The monoisotopic (exact) mass is 702 g/mol. The fraction of sp³-hybridized carbons (Fsp3) is 0.514. The molecule has 4 rings (SSSR count). The van der Waals surface area contributed by atoms with Gasteiger partial charge in [0.2, 0.25) is 5.91 Å². The number of carboxylic acid groups (broad SMARTS) is 2. The summed E-state index contributed by atoms with van der Waals surface area (Å²) in [6.45, 7) is 11.2. The minimum atomic E-state index is -1.22. The van der Waals surface area contributed by atoms with Crippen LogP contribution in [-0.2, 0) is 20.8 Å². The van der Waals surface area contributed by atoms with Crippen LogP contribution >= 0.6 is 23.2 Å². The Hall–Kier alpha value is -3.83. The molecular formula is C35H44Cl2N4O7. The number of amides is 4. The van der Waals surface area contributed by atoms with Gasteiger partial charge in [0.1, 0.15) is 6.04 Å². The van der Waals surface area contributed by atoms with Crippen molar-refractivity contribution in [3.8, 4) is 0 Å². The van der Waals surface area contributed by atoms with Crippen molar-refractivity contribution in [2.45, 2.75) is 90.8 Å². The first-order valence-corrected chi connectivity index (χ1v) is 16.7. The van der Waals surface area contributed by atoms with E-state index in [-0.39, 0.29) is 22.0 Å². The maximum absolute atomic E-state index is 13.6. The van der Waals surface area contributed by atoms with Crippen molar-refractivity contribution >= 4 is 58.7 Å². The van der Waals surface area contributed by atoms with Crippen molar-refractivity contribution in [2.24, 2.45) is 22.7 Å². The van der Waals surface area contributed by atoms with Gasteiger partial charge in [-0.25, -0.2) is 9.59 Å². The summed E-state index contributed by atoms with van der Waals surface area (Å²) in [4.78, 5) is 63.7. The Morgan fingerprint density at radius 1 is 0.792 bits per heavy atom. The van der Waals surface area contributed by atoms with E-state index in [4.69, 9.17) is 23.2 Å². The van der Waals surface area contributed by atoms with Gasteiger partial charge in [-0.05, 0) is 74.8 Å². The summed E-state index contributed by atoms with van der Waals surface area (Å²) in [5.74, 6) is -4.17. The third-order valence-electron chi connectivity index (χ3n) is 11.3. The molecule has 6 N–H and O–H groups in total. The molecule has 2 unspecified atom stereocenters. The SMILES string of the molecule is CC1(NC(=O)N[C@@]2(C)CC[C@H](C(=O)N[C@@H](Cc3ccc(NC(=O)c4c(Cl)cccc4Cl)cc3)C(=O)O)C2(C)C)CCC(C(=O)O)C1(C)C. The summed E-state index contributed by atoms with van der Waals surface area (Å²) < 4.78 is 0. The first-order valence-electron chi connectivity index (χ1n) is 15.9. The molecule has 2 saturated carbocycles. The molecule has 2 aromatic rings. The highest BCUT2D eigenvalue weighted by Gasteiger charge is 2.58. The van der Waals surface area contributed by atoms with E-state index >= 15 is 0 Å². The quantitative estimate of drug-likeness (QED) is 0.173. The lowest BCUT2D eigenvalue weighted by Gasteiger charge is -2.45. The maximum Gasteiger partial charge on any atom is 0.326 e. The van der Waals surface area contributed by atoms with E-state index in [1.54, 1.807) is 42.5 Å². The van der Waals surface area contributed by atoms with Gasteiger partial charge in [-0.1, -0.05) is 69.1 Å². The highest BCUT2D eigenvalue weighted by atomic mass is 35.5. The first-order chi connectivity index (χ1) is 22.2. The van der Waals surface area contributed by atoms with E-state index < -0.39 is 69.6 Å². The van der Waals surface area contributed by atoms with Crippen molar-refractivity contribution in [1.82, 2.24) is 16.0 Å². The number of benzene rings is 2. The van der Waals surface area contributed by atoms with Crippen LogP contribution < -0.4 is 21.3 Å². The highest BCUT2D eigenvalue weighted by molar-refractivity contribution is 6.40. The first kappa shape index (κ1) is 37.0. The Morgan fingerprint density at radius 2 is 1.29 bits per heavy atom. The van der Waals surface area contributed by atoms with Crippen LogP contribution in [0.25, 0.3) is 0 Å². The molecule has 11 nitrogen and oxygen atoms in total. The molecule has 0 heterocycles. The number of anilines is 1. The number of aliphatic carboxylic acids is 2. The molecule has 5 atom stereocenters. The van der Waals surface area contributed by atoms with Crippen molar-refractivity contribution in [1.29, 1.82) is 0 Å². The van der Waals surface area contributed by atoms with E-state index in [1.165, 1.54) is 0 Å². The Kier molecular flexibility index (Phi) is 10.5. The van der Waals surface area contributed by atoms with Gasteiger partial charge in [-0.3, -0.25) is 14.4 Å². The molecular weight excluding hydrogens is 659 g/mol. The van der Waals surface area contributed by atoms with Crippen LogP contribution in [0.2, 0.25) is 10.0 Å². The summed E-state index contributed by atoms with van der Waals surface area (Å²) in [5, 5.41) is 31.6. The Bertz CT molecular complexity index is 1590. The second kappa shape index (κ2) is 13.6. The van der Waals surface area contributed by atoms with Crippen LogP contribution in [0.4, 0.5) is 10.5 Å². The second-order valence-electron chi connectivity index (χ2n) is 14.6. The van der Waals surface area contributed by atoms with E-state index in [9.17, 15) is 34.2 Å². The summed E-state index contributed by atoms with van der Waals surface area (Å²) in [6.07, 6.45) is 1.88. The fourth-order valence-electron chi connectivity index (χ4n) is 7.21. The van der Waals surface area contributed by atoms with Gasteiger partial charge in [0.05, 0.1) is 21.5 Å². The normalized spacial score (nSPS) is 26.2. The van der Waals surface area contributed by atoms with Gasteiger partial charge in [0.15, 0.2) is 0 Å². The van der Waals surface area contributed by atoms with E-state index in [0.717, 1.165) is 0 Å². The van der Waals surface area contributed by atoms with Gasteiger partial charge in [-0.2, -0.15) is 0 Å². The summed E-state index contributed by atoms with van der Waals surface area (Å²) in [6, 6.07) is 9.66. The highest BCUT2D eigenvalue weighted by Crippen LogP contribution is 2.52. The molecule has 0 radical (unpaired) electrons. The number of nitrogens with one attached hydrogen (secondary N) is 4. The Balaban J connectivity index is 1.38. The molecule has 0 bridgehead atoms. The smallest absolute Gasteiger partial charge is 0.326 e. The van der Waals surface area contributed by atoms with Crippen molar-refractivity contribution in [3.05, 3.63) is 63.6 Å². The van der Waals surface area contributed by atoms with Crippen molar-refractivity contribution in [3.63, 3.8) is 0 Å². The van der Waals surface area contributed by atoms with E-state index in [0.29, 0.717) is 36.9 Å². The lowest BCUT2D eigenvalue weighted by molar-refractivity contribution is -0.145. The summed E-state index contributed by atoms with van der Waals surface area (Å²) >= 11 is 12.3. The number of carbonyl (C=O) groups excluding carboxylic acids is 3. The molecule has 13 heteroatoms. The molecule has 2 aliphatic rings. The lowest BCUT2D eigenvalue weighted by Crippen LogP contribution is -2.63. The molecule has 2 aliphatic carbocycles. The zero-order valence-electron chi connectivity index (χ0n) is 28.0. The number of rotatable bonds is 10. The van der Waals surface area contributed by atoms with Crippen LogP contribution in [0.1, 0.15) is 83.1 Å². The molecule has 2 fully saturated rings. The van der Waals surface area contributed by atoms with E-state index in [1.807, 2.05) is 41.5 Å². The maximum atomic E-state index is 13.6. The average molecular weight is 704 g/mol. The summed E-state index contributed by atoms with van der Waals surface area (Å²) in [7, 11) is 0. The largest absolute Gasteiger partial charge is 0.481 e. The minimum Gasteiger partial charge on any atom is -0.481 e. The van der Waals surface area contributed by atoms with E-state index in [2.05, 4.69) is 21.3 Å². The number of carbonyl (C=O) groups is 5. The number of carboxylic acids is 2. The van der Waals surface area contributed by atoms with Crippen molar-refractivity contribution in [2.75, 3.05) is 5.32 Å². The van der Waals surface area contributed by atoms with Gasteiger partial charge in [-0.15, -0.1) is 0 Å². The Morgan fingerprint density at radius 3 is 1.77 bits per heavy atom. The number of hydrogen-bond acceptors (Lipinski definition) is 5. The van der Waals surface area contributed by atoms with Crippen LogP contribution in [-0.4, -0.2) is 57.1 Å². The molecule has 0 aromatic heterocycles. The van der Waals surface area contributed by atoms with Gasteiger partial charge in [0, 0.05) is 34.5 Å². The molecule has 260 valence electrons. The summed E-state index contributed by atoms with van der Waals surface area (Å²) in [5.41, 5.74) is -1.78. The number of urea groups is 1. The number of halogens is 2. The molecule has 4 amide bonds. The zero-order chi connectivity index (χ0) is 35.8. The van der Waals surface area contributed by atoms with Crippen molar-refractivity contribution < 1.29 is 34.2 Å². The standard InChI is InChI=1S/C35H44Cl2N4O7/c1-32(2)21(14-16-34(32,5)40-31(48)41-35(6)17-15-22(29(44)45)33(35,3)4)27(42)39-25(30(46)47)18-19-10-12-20(13-11-19)38-28(43)26-23(36)8-7-9-24(26)37/h7-13,21-22,25H,14-18H2,1-6H3,(H,38,43)(H,39,42)(H,44,45)(H,46,47)(H2,40,41,48)/t21-,22?,25+,34+,35?/m1/s1. The second-order valence-corrected chi connectivity index (χ2v) is 15.4. The van der Waals surface area contributed by atoms with Gasteiger partial charge >= 0.3 is 18.0 Å². The Labute approximate surface area is 290 Å². The van der Waals surface area contributed by atoms with Gasteiger partial charge in [0.25, 0.3) is 5.91 Å². The van der Waals surface area contributed by atoms with Crippen LogP contribution in [0.15, 0.2) is 42.5 Å². The topological polar surface area (TPSA) is 174 Å². The number of hydrogen-bond donors (Lipinski definition) is 6. The van der Waals surface area contributed by atoms with Crippen LogP contribution in [0, 0.1) is 22.7 Å².